The van der Waals surface area contributed by atoms with E-state index in [9.17, 15) is 14.0 Å². The van der Waals surface area contributed by atoms with Gasteiger partial charge in [-0.3, -0.25) is 4.79 Å². The summed E-state index contributed by atoms with van der Waals surface area (Å²) < 4.78 is 23.3. The number of rotatable bonds is 8. The number of ether oxygens (including phenoxy) is 2. The molecule has 1 saturated heterocycles. The van der Waals surface area contributed by atoms with Gasteiger partial charge in [0.1, 0.15) is 25.5 Å². The van der Waals surface area contributed by atoms with Crippen LogP contribution in [-0.4, -0.2) is 51.3 Å². The van der Waals surface area contributed by atoms with E-state index in [0.717, 1.165) is 44.0 Å². The second kappa shape index (κ2) is 10.7. The first-order valence-corrected chi connectivity index (χ1v) is 9.78. The van der Waals surface area contributed by atoms with Gasteiger partial charge in [0.25, 0.3) is 5.91 Å². The number of hydrogen-bond acceptors (Lipinski definition) is 4. The van der Waals surface area contributed by atoms with Crippen molar-refractivity contribution in [1.29, 1.82) is 0 Å². The molecule has 1 aliphatic heterocycles. The summed E-state index contributed by atoms with van der Waals surface area (Å²) in [7, 11) is 0. The van der Waals surface area contributed by atoms with Gasteiger partial charge in [0.05, 0.1) is 18.8 Å². The molecule has 1 fully saturated rings. The van der Waals surface area contributed by atoms with E-state index >= 15 is 0 Å². The van der Waals surface area contributed by atoms with Crippen molar-refractivity contribution in [3.05, 3.63) is 71.0 Å². The summed E-state index contributed by atoms with van der Waals surface area (Å²) in [5, 5.41) is 2.68. The number of benzene rings is 2. The average molecular weight is 401 g/mol. The molecule has 29 heavy (non-hydrogen) atoms. The number of carbonyl (C=O) groups excluding carboxylic acids is 2. The van der Waals surface area contributed by atoms with Gasteiger partial charge in [-0.25, -0.2) is 9.18 Å². The second-order valence-electron chi connectivity index (χ2n) is 7.04. The molecule has 0 saturated carbocycles. The number of amides is 1. The van der Waals surface area contributed by atoms with E-state index in [1.165, 1.54) is 17.0 Å². The molecule has 3 rings (SSSR count). The van der Waals surface area contributed by atoms with Crippen molar-refractivity contribution in [1.82, 2.24) is 5.32 Å². The van der Waals surface area contributed by atoms with E-state index in [1.807, 2.05) is 12.1 Å². The van der Waals surface area contributed by atoms with Crippen molar-refractivity contribution >= 4 is 11.9 Å². The zero-order valence-corrected chi connectivity index (χ0v) is 16.3. The molecule has 0 atom stereocenters. The molecule has 6 nitrogen and oxygen atoms in total. The molecular formula is C22H26FN2O4+. The number of quaternary nitrogens is 1. The minimum atomic E-state index is -0.524. The molecule has 2 aromatic rings. The van der Waals surface area contributed by atoms with Gasteiger partial charge >= 0.3 is 5.97 Å². The molecule has 2 aromatic carbocycles. The summed E-state index contributed by atoms with van der Waals surface area (Å²) in [6.45, 7) is 4.50. The standard InChI is InChI=1S/C22H25FN2O4/c23-20-7-3-17(4-8-20)9-10-24-21(26)16-29-22(27)19-5-1-18(2-6-19)15-25-11-13-28-14-12-25/h1-8H,9-16H2,(H,24,26)/p+1. The lowest BCUT2D eigenvalue weighted by atomic mass is 10.1. The Kier molecular flexibility index (Phi) is 7.72. The Hall–Kier alpha value is -2.77. The van der Waals surface area contributed by atoms with Gasteiger partial charge < -0.3 is 19.7 Å². The number of nitrogens with one attached hydrogen (secondary N) is 2. The Morgan fingerprint density at radius 2 is 1.66 bits per heavy atom. The van der Waals surface area contributed by atoms with Crippen LogP contribution in [0.15, 0.2) is 48.5 Å². The van der Waals surface area contributed by atoms with Crippen molar-refractivity contribution in [2.24, 2.45) is 0 Å². The lowest BCUT2D eigenvalue weighted by Gasteiger charge is -2.23. The quantitative estimate of drug-likeness (QED) is 0.641. The van der Waals surface area contributed by atoms with Crippen LogP contribution in [0.3, 0.4) is 0 Å². The van der Waals surface area contributed by atoms with Crippen LogP contribution in [0.1, 0.15) is 21.5 Å². The monoisotopic (exact) mass is 401 g/mol. The Labute approximate surface area is 169 Å². The molecule has 154 valence electrons. The number of carbonyl (C=O) groups is 2. The van der Waals surface area contributed by atoms with E-state index in [1.54, 1.807) is 24.3 Å². The highest BCUT2D eigenvalue weighted by molar-refractivity contribution is 5.91. The molecule has 0 spiro atoms. The minimum absolute atomic E-state index is 0.292. The van der Waals surface area contributed by atoms with Crippen LogP contribution < -0.4 is 10.2 Å². The Balaban J connectivity index is 1.36. The number of hydrogen-bond donors (Lipinski definition) is 2. The average Bonchev–Trinajstić information content (AvgIpc) is 2.75. The number of morpholine rings is 1. The van der Waals surface area contributed by atoms with E-state index in [0.29, 0.717) is 18.5 Å². The van der Waals surface area contributed by atoms with Gasteiger partial charge in [0, 0.05) is 12.1 Å². The Morgan fingerprint density at radius 1 is 1.00 bits per heavy atom. The van der Waals surface area contributed by atoms with Crippen LogP contribution in [0.5, 0.6) is 0 Å². The van der Waals surface area contributed by atoms with Crippen molar-refractivity contribution < 1.29 is 28.4 Å². The fraction of sp³-hybridized carbons (Fsp3) is 0.364. The second-order valence-corrected chi connectivity index (χ2v) is 7.04. The highest BCUT2D eigenvalue weighted by Gasteiger charge is 2.15. The summed E-state index contributed by atoms with van der Waals surface area (Å²) in [5.41, 5.74) is 2.49. The van der Waals surface area contributed by atoms with E-state index < -0.39 is 5.97 Å². The summed E-state index contributed by atoms with van der Waals surface area (Å²) >= 11 is 0. The van der Waals surface area contributed by atoms with E-state index in [4.69, 9.17) is 9.47 Å². The summed E-state index contributed by atoms with van der Waals surface area (Å²) in [6, 6.07) is 13.4. The molecule has 2 N–H and O–H groups in total. The van der Waals surface area contributed by atoms with Crippen LogP contribution in [0.4, 0.5) is 4.39 Å². The maximum atomic E-state index is 12.9. The highest BCUT2D eigenvalue weighted by Crippen LogP contribution is 2.06. The number of esters is 1. The van der Waals surface area contributed by atoms with Crippen LogP contribution in [0.2, 0.25) is 0 Å². The third kappa shape index (κ3) is 6.96. The molecule has 0 bridgehead atoms. The SMILES string of the molecule is O=C(COC(=O)c1ccc(C[NH+]2CCOCC2)cc1)NCCc1ccc(F)cc1. The van der Waals surface area contributed by atoms with Crippen molar-refractivity contribution in [3.8, 4) is 0 Å². The van der Waals surface area contributed by atoms with Gasteiger partial charge in [-0.15, -0.1) is 0 Å². The molecule has 0 unspecified atom stereocenters. The maximum Gasteiger partial charge on any atom is 0.338 e. The van der Waals surface area contributed by atoms with Crippen molar-refractivity contribution in [2.45, 2.75) is 13.0 Å². The normalized spacial score (nSPS) is 14.4. The van der Waals surface area contributed by atoms with Crippen LogP contribution in [0.25, 0.3) is 0 Å². The Bertz CT molecular complexity index is 803. The molecule has 0 radical (unpaired) electrons. The summed E-state index contributed by atoms with van der Waals surface area (Å²) in [6.07, 6.45) is 0.576. The molecule has 0 aromatic heterocycles. The van der Waals surface area contributed by atoms with Crippen molar-refractivity contribution in [3.63, 3.8) is 0 Å². The third-order valence-corrected chi connectivity index (χ3v) is 4.83. The lowest BCUT2D eigenvalue weighted by molar-refractivity contribution is -0.921. The third-order valence-electron chi connectivity index (χ3n) is 4.83. The number of halogens is 1. The van der Waals surface area contributed by atoms with Crippen LogP contribution in [0, 0.1) is 5.82 Å². The van der Waals surface area contributed by atoms with Gasteiger partial charge in [0.2, 0.25) is 0 Å². The van der Waals surface area contributed by atoms with Crippen LogP contribution >= 0.6 is 0 Å². The van der Waals surface area contributed by atoms with Crippen molar-refractivity contribution in [2.75, 3.05) is 39.5 Å². The van der Waals surface area contributed by atoms with Gasteiger partial charge in [-0.2, -0.15) is 0 Å². The zero-order valence-electron chi connectivity index (χ0n) is 16.3. The first kappa shape index (κ1) is 21.0. The maximum absolute atomic E-state index is 12.9. The first-order chi connectivity index (χ1) is 14.1. The zero-order chi connectivity index (χ0) is 20.5. The summed E-state index contributed by atoms with van der Waals surface area (Å²) in [4.78, 5) is 25.4. The predicted octanol–water partition coefficient (Wildman–Crippen LogP) is 0.757. The molecule has 1 aliphatic rings. The molecule has 0 aliphatic carbocycles. The smallest absolute Gasteiger partial charge is 0.338 e. The summed E-state index contributed by atoms with van der Waals surface area (Å²) in [5.74, 6) is -1.18. The first-order valence-electron chi connectivity index (χ1n) is 9.78. The molecule has 1 amide bonds. The molecule has 7 heteroatoms. The van der Waals surface area contributed by atoms with Gasteiger partial charge in [-0.1, -0.05) is 24.3 Å². The van der Waals surface area contributed by atoms with Gasteiger partial charge in [-0.05, 0) is 36.2 Å². The molecular weight excluding hydrogens is 375 g/mol. The topological polar surface area (TPSA) is 69.1 Å². The fourth-order valence-electron chi connectivity index (χ4n) is 3.15. The fourth-order valence-corrected chi connectivity index (χ4v) is 3.15. The van der Waals surface area contributed by atoms with Crippen LogP contribution in [-0.2, 0) is 27.2 Å². The van der Waals surface area contributed by atoms with E-state index in [2.05, 4.69) is 5.32 Å². The lowest BCUT2D eigenvalue weighted by Crippen LogP contribution is -3.12. The minimum Gasteiger partial charge on any atom is -0.452 e. The molecule has 1 heterocycles. The Morgan fingerprint density at radius 3 is 2.34 bits per heavy atom. The van der Waals surface area contributed by atoms with Gasteiger partial charge in [0.15, 0.2) is 6.61 Å². The van der Waals surface area contributed by atoms with E-state index in [-0.39, 0.29) is 18.3 Å². The largest absolute Gasteiger partial charge is 0.452 e. The highest BCUT2D eigenvalue weighted by atomic mass is 19.1. The predicted molar refractivity (Wildman–Crippen MR) is 105 cm³/mol.